The maximum Gasteiger partial charge on any atom is 0.309 e. The lowest BCUT2D eigenvalue weighted by Crippen LogP contribution is -2.40. The molecule has 1 aliphatic heterocycles. The molecule has 1 fully saturated rings. The molecule has 0 aliphatic carbocycles. The summed E-state index contributed by atoms with van der Waals surface area (Å²) in [5.41, 5.74) is 0.458. The van der Waals surface area contributed by atoms with Crippen molar-refractivity contribution in [3.63, 3.8) is 0 Å². The summed E-state index contributed by atoms with van der Waals surface area (Å²) in [7, 11) is -3.65. The van der Waals surface area contributed by atoms with Crippen LogP contribution in [0.25, 0.3) is 0 Å². The van der Waals surface area contributed by atoms with Crippen LogP contribution in [0.5, 0.6) is 5.75 Å². The van der Waals surface area contributed by atoms with E-state index in [9.17, 15) is 23.3 Å². The average Bonchev–Trinajstić information content (AvgIpc) is 2.78. The van der Waals surface area contributed by atoms with Crippen LogP contribution in [0.3, 0.4) is 0 Å². The van der Waals surface area contributed by atoms with Crippen molar-refractivity contribution in [2.45, 2.75) is 31.3 Å². The number of hydrogen-bond donors (Lipinski definition) is 0. The van der Waals surface area contributed by atoms with Gasteiger partial charge in [-0.2, -0.15) is 4.31 Å². The van der Waals surface area contributed by atoms with Gasteiger partial charge in [-0.05, 0) is 49.6 Å². The van der Waals surface area contributed by atoms with Crippen LogP contribution in [0.2, 0.25) is 0 Å². The van der Waals surface area contributed by atoms with Gasteiger partial charge in [0.05, 0.1) is 22.3 Å². The van der Waals surface area contributed by atoms with Crippen molar-refractivity contribution < 1.29 is 27.6 Å². The lowest BCUT2D eigenvalue weighted by Gasteiger charge is -2.30. The van der Waals surface area contributed by atoms with Gasteiger partial charge in [-0.1, -0.05) is 12.1 Å². The molecule has 0 N–H and O–H groups in total. The molecule has 0 aromatic heterocycles. The van der Waals surface area contributed by atoms with Crippen molar-refractivity contribution in [1.29, 1.82) is 0 Å². The van der Waals surface area contributed by atoms with E-state index in [4.69, 9.17) is 9.47 Å². The van der Waals surface area contributed by atoms with Gasteiger partial charge < -0.3 is 9.47 Å². The van der Waals surface area contributed by atoms with Crippen molar-refractivity contribution in [2.75, 3.05) is 19.7 Å². The molecule has 0 spiro atoms. The Bertz CT molecular complexity index is 1030. The number of piperidine rings is 1. The fourth-order valence-corrected chi connectivity index (χ4v) is 4.86. The van der Waals surface area contributed by atoms with Crippen LogP contribution in [0.1, 0.15) is 25.3 Å². The molecule has 1 saturated heterocycles. The maximum absolute atomic E-state index is 12.8. The molecular weight excluding hydrogens is 424 g/mol. The highest BCUT2D eigenvalue weighted by atomic mass is 32.2. The van der Waals surface area contributed by atoms with E-state index in [1.807, 2.05) is 6.92 Å². The Kier molecular flexibility index (Phi) is 7.24. The minimum atomic E-state index is -3.65. The number of ether oxygens (including phenoxy) is 2. The molecule has 0 radical (unpaired) electrons. The summed E-state index contributed by atoms with van der Waals surface area (Å²) in [6.07, 6.45) is 0.702. The maximum atomic E-state index is 12.8. The number of sulfonamides is 1. The average molecular weight is 448 g/mol. The molecule has 3 rings (SSSR count). The Morgan fingerprint density at radius 3 is 2.45 bits per heavy atom. The lowest BCUT2D eigenvalue weighted by molar-refractivity contribution is -0.384. The van der Waals surface area contributed by atoms with E-state index in [1.165, 1.54) is 34.6 Å². The van der Waals surface area contributed by atoms with E-state index >= 15 is 0 Å². The van der Waals surface area contributed by atoms with Gasteiger partial charge in [-0.25, -0.2) is 8.42 Å². The smallest absolute Gasteiger partial charge is 0.309 e. The Morgan fingerprint density at radius 2 is 1.84 bits per heavy atom. The Balaban J connectivity index is 1.54. The molecule has 2 aromatic rings. The number of non-ortho nitro benzene ring substituents is 1. The quantitative estimate of drug-likeness (QED) is 0.346. The number of rotatable bonds is 8. The summed E-state index contributed by atoms with van der Waals surface area (Å²) in [5.74, 6) is -0.234. The molecule has 9 nitrogen and oxygen atoms in total. The van der Waals surface area contributed by atoms with Crippen molar-refractivity contribution in [2.24, 2.45) is 5.92 Å². The van der Waals surface area contributed by atoms with Gasteiger partial charge in [0.25, 0.3) is 5.69 Å². The van der Waals surface area contributed by atoms with Gasteiger partial charge in [0.2, 0.25) is 10.0 Å². The number of nitrogens with zero attached hydrogens (tertiary/aromatic N) is 2. The Morgan fingerprint density at radius 1 is 1.16 bits per heavy atom. The van der Waals surface area contributed by atoms with E-state index in [1.54, 1.807) is 18.2 Å². The van der Waals surface area contributed by atoms with Crippen LogP contribution in [-0.4, -0.2) is 43.3 Å². The first-order valence-corrected chi connectivity index (χ1v) is 11.4. The minimum Gasteiger partial charge on any atom is -0.494 e. The summed E-state index contributed by atoms with van der Waals surface area (Å²) in [4.78, 5) is 22.9. The van der Waals surface area contributed by atoms with Crippen molar-refractivity contribution in [3.8, 4) is 5.75 Å². The van der Waals surface area contributed by atoms with E-state index < -0.39 is 26.8 Å². The summed E-state index contributed by atoms with van der Waals surface area (Å²) in [6, 6.07) is 12.2. The zero-order chi connectivity index (χ0) is 22.4. The van der Waals surface area contributed by atoms with Crippen LogP contribution in [0.4, 0.5) is 5.69 Å². The first-order valence-electron chi connectivity index (χ1n) is 9.94. The van der Waals surface area contributed by atoms with E-state index in [0.29, 0.717) is 30.8 Å². The molecule has 2 aromatic carbocycles. The minimum absolute atomic E-state index is 0.0643. The van der Waals surface area contributed by atoms with Crippen molar-refractivity contribution in [1.82, 2.24) is 4.31 Å². The number of esters is 1. The predicted molar refractivity (Wildman–Crippen MR) is 112 cm³/mol. The number of nitro groups is 1. The summed E-state index contributed by atoms with van der Waals surface area (Å²) < 4.78 is 37.7. The number of nitro benzene ring substituents is 1. The SMILES string of the molecule is CCOc1ccc(S(=O)(=O)N2CCC(C(=O)OCc3cccc([N+](=O)[O-])c3)CC2)cc1. The third-order valence-corrected chi connectivity index (χ3v) is 6.98. The fourth-order valence-electron chi connectivity index (χ4n) is 3.39. The molecule has 1 aliphatic rings. The zero-order valence-corrected chi connectivity index (χ0v) is 17.9. The van der Waals surface area contributed by atoms with Gasteiger partial charge in [0, 0.05) is 25.2 Å². The Labute approximate surface area is 180 Å². The van der Waals surface area contributed by atoms with Gasteiger partial charge in [0.1, 0.15) is 12.4 Å². The second-order valence-corrected chi connectivity index (χ2v) is 9.06. The molecule has 166 valence electrons. The predicted octanol–water partition coefficient (Wildman–Crippen LogP) is 3.14. The van der Waals surface area contributed by atoms with Gasteiger partial charge in [0.15, 0.2) is 0 Å². The van der Waals surface area contributed by atoms with Crippen LogP contribution >= 0.6 is 0 Å². The highest BCUT2D eigenvalue weighted by molar-refractivity contribution is 7.89. The van der Waals surface area contributed by atoms with Gasteiger partial charge in [-0.15, -0.1) is 0 Å². The molecular formula is C21H24N2O7S. The third-order valence-electron chi connectivity index (χ3n) is 5.06. The summed E-state index contributed by atoms with van der Waals surface area (Å²) >= 11 is 0. The fraction of sp³-hybridized carbons (Fsp3) is 0.381. The van der Waals surface area contributed by atoms with Gasteiger partial charge >= 0.3 is 5.97 Å². The zero-order valence-electron chi connectivity index (χ0n) is 17.1. The van der Waals surface area contributed by atoms with E-state index in [-0.39, 0.29) is 30.3 Å². The number of carbonyl (C=O) groups excluding carboxylic acids is 1. The molecule has 0 saturated carbocycles. The van der Waals surface area contributed by atoms with Gasteiger partial charge in [-0.3, -0.25) is 14.9 Å². The second-order valence-electron chi connectivity index (χ2n) is 7.12. The summed E-state index contributed by atoms with van der Waals surface area (Å²) in [5, 5.41) is 10.8. The highest BCUT2D eigenvalue weighted by Gasteiger charge is 2.32. The normalized spacial score (nSPS) is 15.4. The Hall–Kier alpha value is -2.98. The monoisotopic (exact) mass is 448 g/mol. The van der Waals surface area contributed by atoms with E-state index in [0.717, 1.165) is 0 Å². The molecule has 0 unspecified atom stereocenters. The first-order chi connectivity index (χ1) is 14.8. The van der Waals surface area contributed by atoms with Crippen LogP contribution in [0, 0.1) is 16.0 Å². The molecule has 0 bridgehead atoms. The van der Waals surface area contributed by atoms with Crippen LogP contribution in [0.15, 0.2) is 53.4 Å². The third kappa shape index (κ3) is 5.59. The molecule has 1 heterocycles. The summed E-state index contributed by atoms with van der Waals surface area (Å²) in [6.45, 7) is 2.71. The molecule has 10 heteroatoms. The van der Waals surface area contributed by atoms with E-state index in [2.05, 4.69) is 0 Å². The number of carbonyl (C=O) groups is 1. The second kappa shape index (κ2) is 9.88. The van der Waals surface area contributed by atoms with Crippen molar-refractivity contribution >= 4 is 21.7 Å². The molecule has 0 amide bonds. The lowest BCUT2D eigenvalue weighted by atomic mass is 9.98. The van der Waals surface area contributed by atoms with Crippen LogP contribution < -0.4 is 4.74 Å². The number of hydrogen-bond acceptors (Lipinski definition) is 7. The topological polar surface area (TPSA) is 116 Å². The largest absolute Gasteiger partial charge is 0.494 e. The number of benzene rings is 2. The van der Waals surface area contributed by atoms with Crippen LogP contribution in [-0.2, 0) is 26.2 Å². The molecule has 0 atom stereocenters. The molecule has 31 heavy (non-hydrogen) atoms. The highest BCUT2D eigenvalue weighted by Crippen LogP contribution is 2.26. The first kappa shape index (κ1) is 22.7. The van der Waals surface area contributed by atoms with Crippen molar-refractivity contribution in [3.05, 3.63) is 64.2 Å². The standard InChI is InChI=1S/C21H24N2O7S/c1-2-29-19-6-8-20(9-7-19)31(27,28)22-12-10-17(11-13-22)21(24)30-15-16-4-3-5-18(14-16)23(25)26/h3-9,14,17H,2,10-13,15H2,1H3.